The van der Waals surface area contributed by atoms with Crippen molar-refractivity contribution in [2.75, 3.05) is 39.8 Å². The van der Waals surface area contributed by atoms with E-state index in [9.17, 15) is 33.6 Å². The van der Waals surface area contributed by atoms with Gasteiger partial charge in [-0.25, -0.2) is 9.59 Å². The molecule has 374 valence electrons. The summed E-state index contributed by atoms with van der Waals surface area (Å²) in [6.45, 7) is 23.7. The van der Waals surface area contributed by atoms with Crippen molar-refractivity contribution in [3.05, 3.63) is 57.3 Å². The van der Waals surface area contributed by atoms with E-state index in [1.165, 1.54) is 14.2 Å². The Bertz CT molecular complexity index is 1860. The summed E-state index contributed by atoms with van der Waals surface area (Å²) in [5, 5.41) is 10.8. The van der Waals surface area contributed by atoms with Crippen LogP contribution in [0.4, 0.5) is 9.59 Å². The van der Waals surface area contributed by atoms with Gasteiger partial charge in [0, 0.05) is 74.4 Å². The van der Waals surface area contributed by atoms with Gasteiger partial charge in [0.05, 0.1) is 18.0 Å². The lowest BCUT2D eigenvalue weighted by Gasteiger charge is -2.25. The Morgan fingerprint density at radius 3 is 1.55 bits per heavy atom. The first kappa shape index (κ1) is 60.9. The van der Waals surface area contributed by atoms with E-state index in [0.717, 1.165) is 22.8 Å². The van der Waals surface area contributed by atoms with Crippen molar-refractivity contribution < 1.29 is 52.5 Å². The molecule has 5 N–H and O–H groups in total. The highest BCUT2D eigenvalue weighted by molar-refractivity contribution is 6.28. The van der Waals surface area contributed by atoms with Gasteiger partial charge in [0.1, 0.15) is 35.3 Å². The fourth-order valence-electron chi connectivity index (χ4n) is 5.48. The number of carbonyl (C=O) groups is 6. The first-order chi connectivity index (χ1) is 30.5. The third-order valence-corrected chi connectivity index (χ3v) is 9.30. The topological polar surface area (TPSA) is 242 Å². The van der Waals surface area contributed by atoms with E-state index in [1.54, 1.807) is 86.6 Å². The minimum atomic E-state index is -1.02. The maximum atomic E-state index is 12.8. The van der Waals surface area contributed by atoms with Gasteiger partial charge in [-0.1, -0.05) is 0 Å². The number of halogens is 1. The number of amides is 4. The molecule has 0 aliphatic carbocycles. The summed E-state index contributed by atoms with van der Waals surface area (Å²) in [6.07, 6.45) is 1.74. The van der Waals surface area contributed by atoms with Crippen LogP contribution in [0.25, 0.3) is 0 Å². The lowest BCUT2D eigenvalue weighted by Crippen LogP contribution is -2.50. The van der Waals surface area contributed by atoms with Gasteiger partial charge in [0.2, 0.25) is 5.91 Å². The summed E-state index contributed by atoms with van der Waals surface area (Å²) < 4.78 is 26.1. The Morgan fingerprint density at radius 2 is 1.15 bits per heavy atom. The molecule has 2 heterocycles. The number of nitrogens with zero attached hydrogens (tertiary/aromatic N) is 1. The molecule has 2 aromatic heterocycles. The van der Waals surface area contributed by atoms with Gasteiger partial charge in [-0.3, -0.25) is 29.0 Å². The molecule has 18 nitrogen and oxygen atoms in total. The van der Waals surface area contributed by atoms with Crippen LogP contribution in [-0.4, -0.2) is 120 Å². The van der Waals surface area contributed by atoms with Crippen molar-refractivity contribution >= 4 is 47.2 Å². The smallest absolute Gasteiger partial charge is 0.407 e. The molecular weight excluding hydrogens is 876 g/mol. The van der Waals surface area contributed by atoms with Crippen LogP contribution in [0.2, 0.25) is 0 Å². The molecule has 0 aromatic carbocycles. The summed E-state index contributed by atoms with van der Waals surface area (Å²) in [4.78, 5) is 90.3. The molecule has 0 saturated heterocycles. The van der Waals surface area contributed by atoms with Crippen LogP contribution >= 0.6 is 11.6 Å². The van der Waals surface area contributed by atoms with E-state index in [1.807, 2.05) is 27.7 Å². The second-order valence-electron chi connectivity index (χ2n) is 18.2. The molecule has 1 unspecified atom stereocenters. The third-order valence-electron chi connectivity index (χ3n) is 9.03. The number of pyridine rings is 2. The number of alkyl carbamates (subject to hydrolysis) is 2. The monoisotopic (exact) mass is 953 g/mol. The number of unbranched alkanes of at least 4 members (excludes halogenated alkanes) is 2. The Labute approximate surface area is 396 Å². The quantitative estimate of drug-likeness (QED) is 0.0648. The number of methoxy groups -OCH3 is 2. The highest BCUT2D eigenvalue weighted by Gasteiger charge is 2.31. The van der Waals surface area contributed by atoms with Crippen LogP contribution in [0.3, 0.4) is 0 Å². The first-order valence-corrected chi connectivity index (χ1v) is 22.6. The fourth-order valence-corrected chi connectivity index (χ4v) is 5.67. The third kappa shape index (κ3) is 28.8. The average molecular weight is 954 g/mol. The minimum Gasteiger partial charge on any atom is -0.486 e. The zero-order valence-corrected chi connectivity index (χ0v) is 42.6. The lowest BCUT2D eigenvalue weighted by atomic mass is 10.0. The van der Waals surface area contributed by atoms with Crippen LogP contribution in [0.5, 0.6) is 5.75 Å². The molecule has 3 atom stereocenters. The largest absolute Gasteiger partial charge is 0.486 e. The number of aryl methyl sites for hydroxylation is 4. The number of rotatable bonds is 22. The van der Waals surface area contributed by atoms with Gasteiger partial charge in [-0.2, -0.15) is 0 Å². The van der Waals surface area contributed by atoms with Crippen molar-refractivity contribution in [2.24, 2.45) is 0 Å². The van der Waals surface area contributed by atoms with Crippen molar-refractivity contribution in [2.45, 2.75) is 164 Å². The molecule has 0 spiro atoms. The number of ketones is 2. The molecular formula is C47H77ClN6O12. The average Bonchev–Trinajstić information content (AvgIpc) is 3.19. The molecule has 0 aliphatic heterocycles. The predicted octanol–water partition coefficient (Wildman–Crippen LogP) is 6.25. The summed E-state index contributed by atoms with van der Waals surface area (Å²) in [5.41, 5.74) is 1.37. The number of ether oxygens (including phenoxy) is 5. The van der Waals surface area contributed by atoms with Gasteiger partial charge in [-0.05, 0) is 129 Å². The maximum absolute atomic E-state index is 12.8. The molecule has 0 aliphatic rings. The molecule has 0 radical (unpaired) electrons. The van der Waals surface area contributed by atoms with Crippen molar-refractivity contribution in [3.63, 3.8) is 0 Å². The fraction of sp³-hybridized carbons (Fsp3) is 0.660. The number of Topliss-reactive ketones (excluding diaryl/α,β-unsaturated/α-hetero) is 2. The minimum absolute atomic E-state index is 0.0729. The van der Waals surface area contributed by atoms with Crippen molar-refractivity contribution in [3.8, 4) is 5.75 Å². The molecule has 2 aromatic rings. The number of H-pyrrole nitrogens is 1. The Hall–Kier alpha value is -5.07. The maximum Gasteiger partial charge on any atom is 0.407 e. The number of hydrogen-bond donors (Lipinski definition) is 5. The summed E-state index contributed by atoms with van der Waals surface area (Å²) in [5.74, 6) is -0.844. The molecule has 4 amide bonds. The molecule has 0 saturated carbocycles. The van der Waals surface area contributed by atoms with Crippen molar-refractivity contribution in [1.29, 1.82) is 0 Å². The van der Waals surface area contributed by atoms with Crippen LogP contribution in [0.1, 0.15) is 124 Å². The number of aromatic nitrogens is 2. The Kier molecular flexibility index (Phi) is 27.9. The van der Waals surface area contributed by atoms with Gasteiger partial charge in [-0.15, -0.1) is 11.6 Å². The Morgan fingerprint density at radius 1 is 0.697 bits per heavy atom. The van der Waals surface area contributed by atoms with E-state index in [4.69, 9.17) is 35.3 Å². The van der Waals surface area contributed by atoms with Gasteiger partial charge in [0.25, 0.3) is 5.91 Å². The van der Waals surface area contributed by atoms with Crippen molar-refractivity contribution in [1.82, 2.24) is 31.2 Å². The number of aromatic amines is 1. The molecule has 19 heteroatoms. The summed E-state index contributed by atoms with van der Waals surface area (Å²) >= 11 is 5.62. The van der Waals surface area contributed by atoms with Crippen LogP contribution < -0.4 is 31.4 Å². The molecule has 66 heavy (non-hydrogen) atoms. The normalized spacial score (nSPS) is 12.6. The van der Waals surface area contributed by atoms with Crippen LogP contribution in [-0.2, 0) is 38.1 Å². The lowest BCUT2D eigenvalue weighted by molar-refractivity contribution is -0.142. The van der Waals surface area contributed by atoms with E-state index < -0.39 is 47.2 Å². The van der Waals surface area contributed by atoms with Gasteiger partial charge < -0.3 is 49.9 Å². The SMILES string of the molecule is COC(C)(C)C(=O)N[C@@H](CCCCNC(=O)OC(C)(C)C)C(=O)CCl.COC(C)C(=O)N[C@@H](CCCCNC(=O)OC(C)(C)C)C(=O)COc1cc(C)nc(C)c1.Cc1cc(=O)cc(C)[nH]1. The zero-order valence-electron chi connectivity index (χ0n) is 41.8. The molecule has 2 rings (SSSR count). The summed E-state index contributed by atoms with van der Waals surface area (Å²) in [7, 11) is 2.86. The highest BCUT2D eigenvalue weighted by Crippen LogP contribution is 2.15. The molecule has 0 bridgehead atoms. The second-order valence-corrected chi connectivity index (χ2v) is 18.4. The first-order valence-electron chi connectivity index (χ1n) is 22.0. The number of alkyl halides is 1. The van der Waals surface area contributed by atoms with Crippen LogP contribution in [0.15, 0.2) is 29.1 Å². The van der Waals surface area contributed by atoms with E-state index in [-0.39, 0.29) is 41.3 Å². The number of carbonyl (C=O) groups excluding carboxylic acids is 6. The van der Waals surface area contributed by atoms with E-state index in [2.05, 4.69) is 31.2 Å². The standard InChI is InChI=1S/C23H37N3O6.C17H31ClN2O5.C7H9NO/c1-15-12-18(13-16(2)25-15)31-14-20(27)19(26-21(28)17(3)30-7)10-8-9-11-24-22(29)32-23(4,5)6;1-16(2,3)25-15(23)19-10-8-7-9-12(13(21)11-18)20-14(22)17(4,5)24-6;1-5-3-7(9)4-6(2)8-5/h12-13,17,19H,8-11,14H2,1-7H3,(H,24,29)(H,26,28);12H,7-11H2,1-6H3,(H,19,23)(H,20,22);3-4H,1-2H3,(H,8,9)/t17?,19-;12-;/m00./s1. The highest BCUT2D eigenvalue weighted by atomic mass is 35.5. The Balaban J connectivity index is 0.00000109. The second kappa shape index (κ2) is 30.3. The number of nitrogens with one attached hydrogen (secondary N) is 5. The van der Waals surface area contributed by atoms with Gasteiger partial charge >= 0.3 is 12.2 Å². The van der Waals surface area contributed by atoms with Gasteiger partial charge in [0.15, 0.2) is 17.0 Å². The predicted molar refractivity (Wildman–Crippen MR) is 254 cm³/mol. The van der Waals surface area contributed by atoms with Crippen LogP contribution in [0, 0.1) is 27.7 Å². The number of hydrogen-bond acceptors (Lipinski definition) is 13. The molecule has 0 fully saturated rings. The zero-order chi connectivity index (χ0) is 50.8. The van der Waals surface area contributed by atoms with E-state index in [0.29, 0.717) is 57.4 Å². The van der Waals surface area contributed by atoms with E-state index >= 15 is 0 Å². The summed E-state index contributed by atoms with van der Waals surface area (Å²) in [6, 6.07) is 5.28.